The molecule has 2 aromatic rings. The molecule has 0 aliphatic rings. The molecule has 0 aliphatic heterocycles. The third-order valence-electron chi connectivity index (χ3n) is 3.95. The maximum Gasteiger partial charge on any atom is 0.407 e. The lowest BCUT2D eigenvalue weighted by molar-refractivity contribution is 0.0517. The molecular formula is C23H28N2O5. The van der Waals surface area contributed by atoms with E-state index in [1.165, 1.54) is 0 Å². The number of rotatable bonds is 8. The second kappa shape index (κ2) is 11.0. The van der Waals surface area contributed by atoms with Gasteiger partial charge >= 0.3 is 12.2 Å². The number of benzene rings is 2. The van der Waals surface area contributed by atoms with Crippen LogP contribution in [0.3, 0.4) is 0 Å². The minimum atomic E-state index is -0.671. The topological polar surface area (TPSA) is 93.7 Å². The van der Waals surface area contributed by atoms with Gasteiger partial charge in [-0.1, -0.05) is 60.7 Å². The number of amides is 2. The minimum absolute atomic E-state index is 0.000246. The summed E-state index contributed by atoms with van der Waals surface area (Å²) in [5, 5.41) is 5.25. The van der Waals surface area contributed by atoms with Crippen molar-refractivity contribution in [3.05, 3.63) is 71.8 Å². The molecule has 7 nitrogen and oxygen atoms in total. The van der Waals surface area contributed by atoms with Crippen LogP contribution in [-0.4, -0.2) is 36.2 Å². The van der Waals surface area contributed by atoms with Gasteiger partial charge in [-0.3, -0.25) is 4.79 Å². The number of hydrogen-bond donors (Lipinski definition) is 2. The van der Waals surface area contributed by atoms with E-state index in [1.807, 2.05) is 36.4 Å². The van der Waals surface area contributed by atoms with E-state index in [4.69, 9.17) is 9.47 Å². The largest absolute Gasteiger partial charge is 0.445 e. The third-order valence-corrected chi connectivity index (χ3v) is 3.95. The van der Waals surface area contributed by atoms with Crippen molar-refractivity contribution in [1.82, 2.24) is 10.6 Å². The van der Waals surface area contributed by atoms with Crippen molar-refractivity contribution in [3.63, 3.8) is 0 Å². The van der Waals surface area contributed by atoms with Crippen molar-refractivity contribution in [2.75, 3.05) is 6.54 Å². The number of hydrogen-bond acceptors (Lipinski definition) is 5. The van der Waals surface area contributed by atoms with Gasteiger partial charge in [-0.15, -0.1) is 0 Å². The zero-order valence-corrected chi connectivity index (χ0v) is 17.5. The van der Waals surface area contributed by atoms with E-state index in [-0.39, 0.29) is 25.4 Å². The number of alkyl carbamates (subject to hydrolysis) is 2. The minimum Gasteiger partial charge on any atom is -0.445 e. The maximum absolute atomic E-state index is 12.6. The SMILES string of the molecule is CC(C)(C)OC(=O)NCC(CC(=O)c1ccccc1)NC(=O)OCc1ccccc1. The Morgan fingerprint density at radius 3 is 2.10 bits per heavy atom. The van der Waals surface area contributed by atoms with Gasteiger partial charge in [0.25, 0.3) is 0 Å². The molecule has 1 unspecified atom stereocenters. The van der Waals surface area contributed by atoms with Crippen molar-refractivity contribution < 1.29 is 23.9 Å². The average Bonchev–Trinajstić information content (AvgIpc) is 2.70. The van der Waals surface area contributed by atoms with E-state index in [0.29, 0.717) is 5.56 Å². The molecule has 2 N–H and O–H groups in total. The fraction of sp³-hybridized carbons (Fsp3) is 0.348. The first-order chi connectivity index (χ1) is 14.2. The van der Waals surface area contributed by atoms with Gasteiger partial charge < -0.3 is 20.1 Å². The normalized spacial score (nSPS) is 11.8. The first kappa shape index (κ1) is 22.9. The molecule has 7 heteroatoms. The van der Waals surface area contributed by atoms with Gasteiger partial charge in [-0.05, 0) is 26.3 Å². The first-order valence-corrected chi connectivity index (χ1v) is 9.75. The highest BCUT2D eigenvalue weighted by molar-refractivity contribution is 5.96. The molecule has 2 aromatic carbocycles. The highest BCUT2D eigenvalue weighted by atomic mass is 16.6. The molecule has 0 spiro atoms. The summed E-state index contributed by atoms with van der Waals surface area (Å²) >= 11 is 0. The van der Waals surface area contributed by atoms with Crippen LogP contribution in [0, 0.1) is 0 Å². The lowest BCUT2D eigenvalue weighted by Crippen LogP contribution is -2.46. The quantitative estimate of drug-likeness (QED) is 0.637. The van der Waals surface area contributed by atoms with E-state index < -0.39 is 23.8 Å². The van der Waals surface area contributed by atoms with Crippen LogP contribution in [0.2, 0.25) is 0 Å². The van der Waals surface area contributed by atoms with Gasteiger partial charge in [0, 0.05) is 18.5 Å². The van der Waals surface area contributed by atoms with Gasteiger partial charge in [0.1, 0.15) is 12.2 Å². The Balaban J connectivity index is 1.95. The second-order valence-corrected chi connectivity index (χ2v) is 7.78. The lowest BCUT2D eigenvalue weighted by atomic mass is 10.0. The molecule has 2 amide bonds. The van der Waals surface area contributed by atoms with Crippen LogP contribution in [0.4, 0.5) is 9.59 Å². The molecule has 0 bridgehead atoms. The van der Waals surface area contributed by atoms with Gasteiger partial charge in [-0.25, -0.2) is 9.59 Å². The van der Waals surface area contributed by atoms with Crippen LogP contribution in [0.15, 0.2) is 60.7 Å². The molecule has 160 valence electrons. The summed E-state index contributed by atoms with van der Waals surface area (Å²) in [6, 6.07) is 17.4. The lowest BCUT2D eigenvalue weighted by Gasteiger charge is -2.22. The fourth-order valence-electron chi connectivity index (χ4n) is 2.59. The Hall–Kier alpha value is -3.35. The number of carbonyl (C=O) groups is 3. The molecule has 0 radical (unpaired) electrons. The van der Waals surface area contributed by atoms with Crippen LogP contribution in [0.5, 0.6) is 0 Å². The molecule has 0 aliphatic carbocycles. The predicted octanol–water partition coefficient (Wildman–Crippen LogP) is 4.08. The van der Waals surface area contributed by atoms with Gasteiger partial charge in [0.2, 0.25) is 0 Å². The summed E-state index contributed by atoms with van der Waals surface area (Å²) in [5.41, 5.74) is 0.720. The molecule has 0 aromatic heterocycles. The summed E-state index contributed by atoms with van der Waals surface area (Å²) in [5.74, 6) is -0.157. The van der Waals surface area contributed by atoms with E-state index in [9.17, 15) is 14.4 Å². The number of nitrogens with one attached hydrogen (secondary N) is 2. The Morgan fingerprint density at radius 1 is 0.900 bits per heavy atom. The Morgan fingerprint density at radius 2 is 1.50 bits per heavy atom. The molecular weight excluding hydrogens is 384 g/mol. The van der Waals surface area contributed by atoms with E-state index >= 15 is 0 Å². The van der Waals surface area contributed by atoms with Crippen LogP contribution in [0.25, 0.3) is 0 Å². The number of carbonyl (C=O) groups excluding carboxylic acids is 3. The molecule has 30 heavy (non-hydrogen) atoms. The van der Waals surface area contributed by atoms with Gasteiger partial charge in [0.05, 0.1) is 6.04 Å². The van der Waals surface area contributed by atoms with E-state index in [0.717, 1.165) is 5.56 Å². The first-order valence-electron chi connectivity index (χ1n) is 9.75. The summed E-state index contributed by atoms with van der Waals surface area (Å²) in [6.07, 6.45) is -1.30. The Bertz CT molecular complexity index is 832. The van der Waals surface area contributed by atoms with Crippen molar-refractivity contribution in [2.45, 2.75) is 45.4 Å². The molecule has 0 heterocycles. The third kappa shape index (κ3) is 8.77. The standard InChI is InChI=1S/C23H28N2O5/c1-23(2,3)30-21(27)24-15-19(14-20(26)18-12-8-5-9-13-18)25-22(28)29-16-17-10-6-4-7-11-17/h4-13,19H,14-16H2,1-3H3,(H,24,27)(H,25,28). The summed E-state index contributed by atoms with van der Waals surface area (Å²) in [7, 11) is 0. The van der Waals surface area contributed by atoms with Crippen LogP contribution in [-0.2, 0) is 16.1 Å². The zero-order valence-electron chi connectivity index (χ0n) is 17.5. The molecule has 1 atom stereocenters. The number of Topliss-reactive ketones (excluding diaryl/α,β-unsaturated/α-hetero) is 1. The maximum atomic E-state index is 12.6. The summed E-state index contributed by atoms with van der Waals surface area (Å²) in [4.78, 5) is 36.7. The predicted molar refractivity (Wildman–Crippen MR) is 113 cm³/mol. The van der Waals surface area contributed by atoms with E-state index in [2.05, 4.69) is 10.6 Å². The van der Waals surface area contributed by atoms with Crippen molar-refractivity contribution >= 4 is 18.0 Å². The highest BCUT2D eigenvalue weighted by Crippen LogP contribution is 2.08. The molecule has 2 rings (SSSR count). The van der Waals surface area contributed by atoms with Crippen molar-refractivity contribution in [2.24, 2.45) is 0 Å². The second-order valence-electron chi connectivity index (χ2n) is 7.78. The molecule has 0 fully saturated rings. The number of ether oxygens (including phenoxy) is 2. The Labute approximate surface area is 176 Å². The molecule has 0 saturated heterocycles. The Kier molecular flexibility index (Phi) is 8.41. The van der Waals surface area contributed by atoms with Crippen molar-refractivity contribution in [1.29, 1.82) is 0 Å². The van der Waals surface area contributed by atoms with Crippen LogP contribution < -0.4 is 10.6 Å². The van der Waals surface area contributed by atoms with Gasteiger partial charge in [-0.2, -0.15) is 0 Å². The van der Waals surface area contributed by atoms with Gasteiger partial charge in [0.15, 0.2) is 5.78 Å². The molecule has 0 saturated carbocycles. The van der Waals surface area contributed by atoms with Crippen LogP contribution >= 0.6 is 0 Å². The smallest absolute Gasteiger partial charge is 0.407 e. The van der Waals surface area contributed by atoms with Crippen LogP contribution in [0.1, 0.15) is 43.1 Å². The highest BCUT2D eigenvalue weighted by Gasteiger charge is 2.21. The number of ketones is 1. The van der Waals surface area contributed by atoms with Crippen molar-refractivity contribution in [3.8, 4) is 0 Å². The monoisotopic (exact) mass is 412 g/mol. The van der Waals surface area contributed by atoms with E-state index in [1.54, 1.807) is 45.0 Å². The fourth-order valence-corrected chi connectivity index (χ4v) is 2.59. The average molecular weight is 412 g/mol. The summed E-state index contributed by atoms with van der Waals surface area (Å²) < 4.78 is 10.4. The zero-order chi connectivity index (χ0) is 22.0. The summed E-state index contributed by atoms with van der Waals surface area (Å²) in [6.45, 7) is 5.38.